The van der Waals surface area contributed by atoms with E-state index in [1.54, 1.807) is 49.6 Å². The molecule has 1 saturated heterocycles. The van der Waals surface area contributed by atoms with E-state index in [9.17, 15) is 13.2 Å². The summed E-state index contributed by atoms with van der Waals surface area (Å²) in [4.78, 5) is 0. The van der Waals surface area contributed by atoms with Crippen molar-refractivity contribution < 1.29 is 27.4 Å². The van der Waals surface area contributed by atoms with Gasteiger partial charge in [0, 0.05) is 16.7 Å². The van der Waals surface area contributed by atoms with E-state index < -0.39 is 11.6 Å². The van der Waals surface area contributed by atoms with Gasteiger partial charge in [0.05, 0.1) is 26.4 Å². The first-order valence-corrected chi connectivity index (χ1v) is 11.7. The molecule has 34 heavy (non-hydrogen) atoms. The van der Waals surface area contributed by atoms with E-state index in [0.29, 0.717) is 23.5 Å². The van der Waals surface area contributed by atoms with Crippen LogP contribution in [-0.2, 0) is 16.1 Å². The van der Waals surface area contributed by atoms with Crippen LogP contribution in [0.3, 0.4) is 0 Å². The van der Waals surface area contributed by atoms with E-state index in [1.165, 1.54) is 0 Å². The minimum absolute atomic E-state index is 0.0195. The Morgan fingerprint density at radius 1 is 0.882 bits per heavy atom. The number of benzene rings is 3. The van der Waals surface area contributed by atoms with Crippen molar-refractivity contribution in [1.29, 1.82) is 0 Å². The third-order valence-electron chi connectivity index (χ3n) is 6.89. The summed E-state index contributed by atoms with van der Waals surface area (Å²) in [6.45, 7) is 0.610. The fraction of sp³-hybridized carbons (Fsp3) is 0.357. The van der Waals surface area contributed by atoms with Crippen molar-refractivity contribution >= 4 is 0 Å². The molecule has 0 N–H and O–H groups in total. The van der Waals surface area contributed by atoms with Gasteiger partial charge in [-0.3, -0.25) is 0 Å². The highest BCUT2D eigenvalue weighted by atomic mass is 19.2. The summed E-state index contributed by atoms with van der Waals surface area (Å²) in [6, 6.07) is 15.4. The van der Waals surface area contributed by atoms with Gasteiger partial charge in [-0.15, -0.1) is 0 Å². The summed E-state index contributed by atoms with van der Waals surface area (Å²) in [5.41, 5.74) is 2.63. The molecule has 1 aliphatic heterocycles. The number of epoxide rings is 1. The van der Waals surface area contributed by atoms with Gasteiger partial charge in [-0.1, -0.05) is 36.4 Å². The first-order valence-electron chi connectivity index (χ1n) is 11.7. The van der Waals surface area contributed by atoms with Crippen LogP contribution in [0.1, 0.15) is 54.4 Å². The first kappa shape index (κ1) is 22.9. The minimum Gasteiger partial charge on any atom is -0.497 e. The van der Waals surface area contributed by atoms with Crippen LogP contribution in [0.4, 0.5) is 13.2 Å². The number of ether oxygens (including phenoxy) is 3. The fourth-order valence-corrected chi connectivity index (χ4v) is 4.75. The van der Waals surface area contributed by atoms with Gasteiger partial charge in [-0.05, 0) is 60.9 Å². The monoisotopic (exact) mass is 468 g/mol. The lowest BCUT2D eigenvalue weighted by atomic mass is 9.82. The molecule has 3 aromatic rings. The van der Waals surface area contributed by atoms with E-state index in [4.69, 9.17) is 14.2 Å². The molecule has 3 nitrogen and oxygen atoms in total. The zero-order chi connectivity index (χ0) is 23.7. The lowest BCUT2D eigenvalue weighted by Gasteiger charge is -2.29. The van der Waals surface area contributed by atoms with Gasteiger partial charge >= 0.3 is 0 Å². The molecule has 2 fully saturated rings. The summed E-state index contributed by atoms with van der Waals surface area (Å²) in [7, 11) is 1.55. The molecule has 1 heterocycles. The second kappa shape index (κ2) is 9.80. The minimum atomic E-state index is -0.878. The SMILES string of the molecule is COc1ccc(-c2ccc(COC3CCC(c4ccc(C5CO5)c(F)c4)CC3)c(F)c2F)cc1. The van der Waals surface area contributed by atoms with Gasteiger partial charge in [0.2, 0.25) is 0 Å². The van der Waals surface area contributed by atoms with Crippen LogP contribution in [0, 0.1) is 17.5 Å². The van der Waals surface area contributed by atoms with Crippen molar-refractivity contribution in [2.45, 2.75) is 50.4 Å². The number of hydrogen-bond donors (Lipinski definition) is 0. The normalized spacial score (nSPS) is 21.9. The molecular formula is C28H27F3O3. The molecule has 0 spiro atoms. The molecule has 1 aliphatic carbocycles. The summed E-state index contributed by atoms with van der Waals surface area (Å²) >= 11 is 0. The molecule has 0 bridgehead atoms. The highest BCUT2D eigenvalue weighted by molar-refractivity contribution is 5.65. The standard InChI is InChI=1S/C28H27F3O3/c1-32-21-8-4-18(5-9-21)23-12-7-20(27(30)28(23)31)15-33-22-10-2-17(3-11-22)19-6-13-24(25(29)14-19)26-16-34-26/h4-9,12-14,17,22,26H,2-3,10-11,15-16H2,1H3. The zero-order valence-corrected chi connectivity index (χ0v) is 19.0. The molecular weight excluding hydrogens is 441 g/mol. The number of rotatable bonds is 7. The number of halogens is 3. The van der Waals surface area contributed by atoms with Crippen LogP contribution < -0.4 is 4.74 Å². The Bertz CT molecular complexity index is 1150. The molecule has 2 aliphatic rings. The van der Waals surface area contributed by atoms with Gasteiger partial charge in [0.1, 0.15) is 17.7 Å². The first-order chi connectivity index (χ1) is 16.5. The molecule has 6 heteroatoms. The summed E-state index contributed by atoms with van der Waals surface area (Å²) in [5, 5.41) is 0. The maximum absolute atomic E-state index is 14.7. The van der Waals surface area contributed by atoms with Gasteiger partial charge in [-0.25, -0.2) is 13.2 Å². The Morgan fingerprint density at radius 2 is 1.62 bits per heavy atom. The molecule has 178 valence electrons. The Morgan fingerprint density at radius 3 is 2.26 bits per heavy atom. The molecule has 0 radical (unpaired) electrons. The van der Waals surface area contributed by atoms with Crippen LogP contribution in [0.2, 0.25) is 0 Å². The maximum Gasteiger partial charge on any atom is 0.167 e. The Hall–Kier alpha value is -2.83. The average molecular weight is 469 g/mol. The van der Waals surface area contributed by atoms with Crippen molar-refractivity contribution in [3.05, 3.63) is 88.7 Å². The van der Waals surface area contributed by atoms with Crippen molar-refractivity contribution in [3.8, 4) is 16.9 Å². The quantitative estimate of drug-likeness (QED) is 0.347. The Balaban J connectivity index is 1.17. The molecule has 3 aromatic carbocycles. The molecule has 1 saturated carbocycles. The van der Waals surface area contributed by atoms with Crippen LogP contribution >= 0.6 is 0 Å². The van der Waals surface area contributed by atoms with E-state index in [2.05, 4.69) is 0 Å². The molecule has 1 unspecified atom stereocenters. The van der Waals surface area contributed by atoms with E-state index >= 15 is 0 Å². The average Bonchev–Trinajstić information content (AvgIpc) is 3.71. The Kier molecular flexibility index (Phi) is 6.61. The summed E-state index contributed by atoms with van der Waals surface area (Å²) in [6.07, 6.45) is 3.23. The highest BCUT2D eigenvalue weighted by Gasteiger charge is 2.29. The third kappa shape index (κ3) is 4.84. The predicted octanol–water partition coefficient (Wildman–Crippen LogP) is 7.09. The van der Waals surface area contributed by atoms with E-state index in [0.717, 1.165) is 31.2 Å². The fourth-order valence-electron chi connectivity index (χ4n) is 4.75. The Labute approximate surface area is 197 Å². The van der Waals surface area contributed by atoms with Crippen molar-refractivity contribution in [3.63, 3.8) is 0 Å². The second-order valence-corrected chi connectivity index (χ2v) is 9.02. The van der Waals surface area contributed by atoms with Crippen LogP contribution in [0.15, 0.2) is 54.6 Å². The van der Waals surface area contributed by atoms with Crippen LogP contribution in [-0.4, -0.2) is 19.8 Å². The van der Waals surface area contributed by atoms with Crippen LogP contribution in [0.5, 0.6) is 5.75 Å². The molecule has 0 aromatic heterocycles. The summed E-state index contributed by atoms with van der Waals surface area (Å²) < 4.78 is 60.1. The highest BCUT2D eigenvalue weighted by Crippen LogP contribution is 2.38. The van der Waals surface area contributed by atoms with Gasteiger partial charge < -0.3 is 14.2 Å². The van der Waals surface area contributed by atoms with Crippen molar-refractivity contribution in [2.24, 2.45) is 0 Å². The second-order valence-electron chi connectivity index (χ2n) is 9.02. The smallest absolute Gasteiger partial charge is 0.167 e. The molecule has 5 rings (SSSR count). The molecule has 1 atom stereocenters. The topological polar surface area (TPSA) is 31.0 Å². The van der Waals surface area contributed by atoms with Crippen molar-refractivity contribution in [2.75, 3.05) is 13.7 Å². The molecule has 0 amide bonds. The van der Waals surface area contributed by atoms with E-state index in [-0.39, 0.29) is 41.7 Å². The van der Waals surface area contributed by atoms with Gasteiger partial charge in [0.25, 0.3) is 0 Å². The zero-order valence-electron chi connectivity index (χ0n) is 19.0. The lowest BCUT2D eigenvalue weighted by molar-refractivity contribution is 0.0119. The summed E-state index contributed by atoms with van der Waals surface area (Å²) in [5.74, 6) is -1.02. The number of hydrogen-bond acceptors (Lipinski definition) is 3. The van der Waals surface area contributed by atoms with Crippen molar-refractivity contribution in [1.82, 2.24) is 0 Å². The van der Waals surface area contributed by atoms with E-state index in [1.807, 2.05) is 12.1 Å². The lowest BCUT2D eigenvalue weighted by Crippen LogP contribution is -2.21. The maximum atomic E-state index is 14.7. The third-order valence-corrected chi connectivity index (χ3v) is 6.89. The largest absolute Gasteiger partial charge is 0.497 e. The van der Waals surface area contributed by atoms with Crippen LogP contribution in [0.25, 0.3) is 11.1 Å². The predicted molar refractivity (Wildman–Crippen MR) is 123 cm³/mol. The van der Waals surface area contributed by atoms with Gasteiger partial charge in [0.15, 0.2) is 11.6 Å². The van der Waals surface area contributed by atoms with Gasteiger partial charge in [-0.2, -0.15) is 0 Å². The number of methoxy groups -OCH3 is 1.